The van der Waals surface area contributed by atoms with Gasteiger partial charge in [-0.1, -0.05) is 23.3 Å². The van der Waals surface area contributed by atoms with Gasteiger partial charge in [-0.2, -0.15) is 0 Å². The van der Waals surface area contributed by atoms with Gasteiger partial charge in [-0.15, -0.1) is 0 Å². The second kappa shape index (κ2) is 9.16. The number of hydrogen-bond acceptors (Lipinski definition) is 5. The lowest BCUT2D eigenvalue weighted by Gasteiger charge is -2.19. The number of esters is 1. The predicted octanol–water partition coefficient (Wildman–Crippen LogP) is 3.96. The molecule has 0 saturated heterocycles. The summed E-state index contributed by atoms with van der Waals surface area (Å²) in [5, 5.41) is 0. The van der Waals surface area contributed by atoms with Crippen molar-refractivity contribution in [2.75, 3.05) is 7.11 Å². The van der Waals surface area contributed by atoms with Gasteiger partial charge in [0.25, 0.3) is 0 Å². The van der Waals surface area contributed by atoms with Crippen LogP contribution in [0.15, 0.2) is 46.0 Å². The quantitative estimate of drug-likeness (QED) is 0.396. The summed E-state index contributed by atoms with van der Waals surface area (Å²) in [6.45, 7) is 8.85. The lowest BCUT2D eigenvalue weighted by atomic mass is 9.90. The molecule has 25 heavy (non-hydrogen) atoms. The molecule has 0 N–H and O–H groups in total. The molecule has 0 aromatic rings. The van der Waals surface area contributed by atoms with E-state index in [-0.39, 0.29) is 17.1 Å². The first-order valence-corrected chi connectivity index (χ1v) is 8.23. The monoisotopic (exact) mass is 346 g/mol. The summed E-state index contributed by atoms with van der Waals surface area (Å²) in [7, 11) is 1.28. The summed E-state index contributed by atoms with van der Waals surface area (Å²) in [5.41, 5.74) is 3.08. The Hall–Kier alpha value is -2.43. The molecule has 0 fully saturated rings. The Balaban J connectivity index is 3.00. The van der Waals surface area contributed by atoms with Gasteiger partial charge in [0.1, 0.15) is 0 Å². The lowest BCUT2D eigenvalue weighted by Crippen LogP contribution is -2.26. The zero-order chi connectivity index (χ0) is 19.1. The zero-order valence-corrected chi connectivity index (χ0v) is 15.8. The van der Waals surface area contributed by atoms with E-state index in [0.29, 0.717) is 12.0 Å². The maximum absolute atomic E-state index is 12.6. The van der Waals surface area contributed by atoms with Crippen LogP contribution in [-0.2, 0) is 23.9 Å². The Morgan fingerprint density at radius 1 is 1.00 bits per heavy atom. The Labute approximate surface area is 149 Å². The van der Waals surface area contributed by atoms with E-state index in [1.54, 1.807) is 6.92 Å². The molecule has 136 valence electrons. The number of carbonyl (C=O) groups excluding carboxylic acids is 3. The highest BCUT2D eigenvalue weighted by Gasteiger charge is 2.35. The van der Waals surface area contributed by atoms with Crippen molar-refractivity contribution in [3.8, 4) is 0 Å². The van der Waals surface area contributed by atoms with Crippen LogP contribution in [0, 0.1) is 0 Å². The average molecular weight is 346 g/mol. The number of ether oxygens (including phenoxy) is 2. The van der Waals surface area contributed by atoms with Gasteiger partial charge in [0.15, 0.2) is 0 Å². The summed E-state index contributed by atoms with van der Waals surface area (Å²) >= 11 is 0. The molecule has 1 aliphatic carbocycles. The number of methoxy groups -OCH3 is 1. The number of ketones is 2. The summed E-state index contributed by atoms with van der Waals surface area (Å²) in [6, 6.07) is 0. The minimum atomic E-state index is -0.669. The number of carbonyl (C=O) groups is 3. The minimum absolute atomic E-state index is 0.212. The van der Waals surface area contributed by atoms with Crippen molar-refractivity contribution in [3.63, 3.8) is 0 Å². The van der Waals surface area contributed by atoms with Gasteiger partial charge < -0.3 is 9.47 Å². The second-order valence-electron chi connectivity index (χ2n) is 6.29. The summed E-state index contributed by atoms with van der Waals surface area (Å²) in [6.07, 6.45) is 6.29. The number of hydrogen-bond donors (Lipinski definition) is 0. The molecule has 1 rings (SSSR count). The molecule has 0 spiro atoms. The molecule has 0 unspecified atom stereocenters. The molecular formula is C20H26O5. The molecule has 1 aliphatic rings. The molecule has 0 aromatic heterocycles. The van der Waals surface area contributed by atoms with Gasteiger partial charge in [0, 0.05) is 18.1 Å². The molecule has 0 bridgehead atoms. The van der Waals surface area contributed by atoms with Gasteiger partial charge in [0.05, 0.1) is 7.11 Å². The number of allylic oxidation sites excluding steroid dienone is 6. The standard InChI is InChI=1S/C20H26O5/c1-12(2)8-7-9-13(3)10-11-16-14(4)17(22)20(25-15(5)21)19(24-6)18(16)23/h8,10H,7,9,11H2,1-6H3/b13-10+. The molecule has 5 nitrogen and oxygen atoms in total. The highest BCUT2D eigenvalue weighted by atomic mass is 16.6. The van der Waals surface area contributed by atoms with Crippen molar-refractivity contribution < 1.29 is 23.9 Å². The van der Waals surface area contributed by atoms with Crippen LogP contribution in [0.4, 0.5) is 0 Å². The van der Waals surface area contributed by atoms with E-state index in [1.807, 2.05) is 13.0 Å². The fraction of sp³-hybridized carbons (Fsp3) is 0.450. The van der Waals surface area contributed by atoms with Crippen LogP contribution in [-0.4, -0.2) is 24.6 Å². The molecule has 0 heterocycles. The summed E-state index contributed by atoms with van der Waals surface area (Å²) in [5.74, 6) is -2.11. The Kier molecular flexibility index (Phi) is 7.55. The van der Waals surface area contributed by atoms with Gasteiger partial charge in [-0.3, -0.25) is 14.4 Å². The molecule has 0 aromatic carbocycles. The van der Waals surface area contributed by atoms with E-state index < -0.39 is 17.5 Å². The van der Waals surface area contributed by atoms with Crippen LogP contribution in [0.3, 0.4) is 0 Å². The van der Waals surface area contributed by atoms with Crippen LogP contribution in [0.25, 0.3) is 0 Å². The van der Waals surface area contributed by atoms with Crippen LogP contribution in [0.5, 0.6) is 0 Å². The fourth-order valence-corrected chi connectivity index (χ4v) is 2.46. The SMILES string of the molecule is COC1=C(OC(C)=O)C(=O)C(C)=C(C/C=C(\C)CCC=C(C)C)C1=O. The maximum atomic E-state index is 12.6. The van der Waals surface area contributed by atoms with E-state index in [1.165, 1.54) is 19.6 Å². The van der Waals surface area contributed by atoms with E-state index in [4.69, 9.17) is 9.47 Å². The topological polar surface area (TPSA) is 69.7 Å². The van der Waals surface area contributed by atoms with Crippen molar-refractivity contribution in [2.24, 2.45) is 0 Å². The largest absolute Gasteiger partial charge is 0.489 e. The molecule has 0 atom stereocenters. The van der Waals surface area contributed by atoms with E-state index in [9.17, 15) is 14.4 Å². The smallest absolute Gasteiger partial charge is 0.308 e. The average Bonchev–Trinajstić information content (AvgIpc) is 2.52. The summed E-state index contributed by atoms with van der Waals surface area (Å²) in [4.78, 5) is 36.2. The van der Waals surface area contributed by atoms with Crippen molar-refractivity contribution in [1.82, 2.24) is 0 Å². The third-order valence-electron chi connectivity index (χ3n) is 3.88. The van der Waals surface area contributed by atoms with Crippen molar-refractivity contribution >= 4 is 17.5 Å². The first-order chi connectivity index (χ1) is 11.7. The minimum Gasteiger partial charge on any atom is -0.489 e. The Bertz CT molecular complexity index is 698. The first kappa shape index (κ1) is 20.6. The van der Waals surface area contributed by atoms with Crippen LogP contribution in [0.1, 0.15) is 53.9 Å². The van der Waals surface area contributed by atoms with E-state index in [0.717, 1.165) is 18.4 Å². The molecule has 0 radical (unpaired) electrons. The Morgan fingerprint density at radius 2 is 1.64 bits per heavy atom. The van der Waals surface area contributed by atoms with Crippen molar-refractivity contribution in [1.29, 1.82) is 0 Å². The molecule has 0 aliphatic heterocycles. The molecule has 0 amide bonds. The van der Waals surface area contributed by atoms with Crippen molar-refractivity contribution in [2.45, 2.75) is 53.9 Å². The third kappa shape index (κ3) is 5.55. The maximum Gasteiger partial charge on any atom is 0.308 e. The molecular weight excluding hydrogens is 320 g/mol. The fourth-order valence-electron chi connectivity index (χ4n) is 2.46. The van der Waals surface area contributed by atoms with Crippen LogP contribution < -0.4 is 0 Å². The zero-order valence-electron chi connectivity index (χ0n) is 15.8. The number of Topliss-reactive ketones (excluding diaryl/α,β-unsaturated/α-hetero) is 2. The van der Waals surface area contributed by atoms with Gasteiger partial charge in [0.2, 0.25) is 23.1 Å². The highest BCUT2D eigenvalue weighted by Crippen LogP contribution is 2.28. The van der Waals surface area contributed by atoms with E-state index in [2.05, 4.69) is 19.9 Å². The summed E-state index contributed by atoms with van der Waals surface area (Å²) < 4.78 is 9.92. The second-order valence-corrected chi connectivity index (χ2v) is 6.29. The van der Waals surface area contributed by atoms with Crippen molar-refractivity contribution in [3.05, 3.63) is 46.0 Å². The normalized spacial score (nSPS) is 15.5. The van der Waals surface area contributed by atoms with Gasteiger partial charge in [-0.25, -0.2) is 0 Å². The van der Waals surface area contributed by atoms with Gasteiger partial charge in [-0.05, 0) is 47.0 Å². The predicted molar refractivity (Wildman–Crippen MR) is 95.6 cm³/mol. The number of rotatable bonds is 7. The third-order valence-corrected chi connectivity index (χ3v) is 3.88. The Morgan fingerprint density at radius 3 is 2.16 bits per heavy atom. The highest BCUT2D eigenvalue weighted by molar-refractivity contribution is 6.23. The van der Waals surface area contributed by atoms with Crippen LogP contribution in [0.2, 0.25) is 0 Å². The van der Waals surface area contributed by atoms with Crippen LogP contribution >= 0.6 is 0 Å². The molecule has 5 heteroatoms. The first-order valence-electron chi connectivity index (χ1n) is 8.23. The molecule has 0 saturated carbocycles. The van der Waals surface area contributed by atoms with Gasteiger partial charge >= 0.3 is 5.97 Å². The lowest BCUT2D eigenvalue weighted by molar-refractivity contribution is -0.140. The van der Waals surface area contributed by atoms with E-state index >= 15 is 0 Å².